The Labute approximate surface area is 139 Å². The fourth-order valence-electron chi connectivity index (χ4n) is 2.22. The van der Waals surface area contributed by atoms with Crippen LogP contribution in [-0.2, 0) is 6.54 Å². The predicted molar refractivity (Wildman–Crippen MR) is 92.3 cm³/mol. The van der Waals surface area contributed by atoms with E-state index in [1.54, 1.807) is 6.26 Å². The zero-order valence-corrected chi connectivity index (χ0v) is 13.7. The van der Waals surface area contributed by atoms with Crippen molar-refractivity contribution in [1.29, 1.82) is 0 Å². The minimum absolute atomic E-state index is 0.572. The highest BCUT2D eigenvalue weighted by Crippen LogP contribution is 2.23. The molecule has 1 aromatic carbocycles. The van der Waals surface area contributed by atoms with Crippen LogP contribution in [0.3, 0.4) is 0 Å². The lowest BCUT2D eigenvalue weighted by Gasteiger charge is -2.11. The van der Waals surface area contributed by atoms with Gasteiger partial charge in [-0.1, -0.05) is 11.6 Å². The third kappa shape index (κ3) is 4.02. The van der Waals surface area contributed by atoms with Crippen LogP contribution in [0.5, 0.6) is 0 Å². The summed E-state index contributed by atoms with van der Waals surface area (Å²) < 4.78 is 5.30. The van der Waals surface area contributed by atoms with Crippen LogP contribution < -0.4 is 10.6 Å². The molecule has 2 heterocycles. The molecule has 5 nitrogen and oxygen atoms in total. The van der Waals surface area contributed by atoms with E-state index in [0.717, 1.165) is 28.6 Å². The Bertz CT molecular complexity index is 802. The van der Waals surface area contributed by atoms with E-state index in [0.29, 0.717) is 17.4 Å². The van der Waals surface area contributed by atoms with Gasteiger partial charge in [-0.15, -0.1) is 0 Å². The van der Waals surface area contributed by atoms with Gasteiger partial charge in [0.25, 0.3) is 0 Å². The van der Waals surface area contributed by atoms with Gasteiger partial charge >= 0.3 is 0 Å². The maximum Gasteiger partial charge on any atom is 0.136 e. The molecule has 0 unspecified atom stereocenters. The number of benzene rings is 1. The van der Waals surface area contributed by atoms with Crippen molar-refractivity contribution in [3.05, 3.63) is 64.8 Å². The number of hydrogen-bond donors (Lipinski definition) is 2. The van der Waals surface area contributed by atoms with Crippen molar-refractivity contribution in [3.63, 3.8) is 0 Å². The quantitative estimate of drug-likeness (QED) is 0.711. The van der Waals surface area contributed by atoms with Crippen LogP contribution in [0.1, 0.15) is 17.1 Å². The van der Waals surface area contributed by atoms with E-state index in [1.165, 1.54) is 0 Å². The summed E-state index contributed by atoms with van der Waals surface area (Å²) in [6.07, 6.45) is 1.65. The molecule has 23 heavy (non-hydrogen) atoms. The molecule has 3 rings (SSSR count). The number of anilines is 3. The molecule has 0 saturated heterocycles. The number of nitrogens with zero attached hydrogens (tertiary/aromatic N) is 2. The maximum absolute atomic E-state index is 5.99. The second-order valence-corrected chi connectivity index (χ2v) is 5.64. The van der Waals surface area contributed by atoms with Crippen LogP contribution >= 0.6 is 11.6 Å². The smallest absolute Gasteiger partial charge is 0.136 e. The number of aromatic nitrogens is 2. The van der Waals surface area contributed by atoms with Crippen molar-refractivity contribution in [2.75, 3.05) is 10.6 Å². The molecule has 0 bridgehead atoms. The minimum Gasteiger partial charge on any atom is -0.467 e. The highest BCUT2D eigenvalue weighted by Gasteiger charge is 2.05. The van der Waals surface area contributed by atoms with Gasteiger partial charge in [0.05, 0.1) is 12.8 Å². The molecule has 0 aliphatic rings. The van der Waals surface area contributed by atoms with Crippen LogP contribution in [0.15, 0.2) is 47.1 Å². The standard InChI is InChI=1S/C17H17ClN4O/c1-11-8-13(18)5-6-15(11)22-17-9-16(20-12(2)21-17)19-10-14-4-3-7-23-14/h3-9H,10H2,1-2H3,(H2,19,20,21,22). The lowest BCUT2D eigenvalue weighted by atomic mass is 10.2. The van der Waals surface area contributed by atoms with Gasteiger partial charge in [0.15, 0.2) is 0 Å². The third-order valence-electron chi connectivity index (χ3n) is 3.31. The first-order valence-electron chi connectivity index (χ1n) is 7.25. The highest BCUT2D eigenvalue weighted by molar-refractivity contribution is 6.30. The zero-order chi connectivity index (χ0) is 16.2. The van der Waals surface area contributed by atoms with Crippen molar-refractivity contribution in [1.82, 2.24) is 9.97 Å². The topological polar surface area (TPSA) is 63.0 Å². The summed E-state index contributed by atoms with van der Waals surface area (Å²) in [4.78, 5) is 8.81. The number of aryl methyl sites for hydroxylation is 2. The van der Waals surface area contributed by atoms with Crippen molar-refractivity contribution in [2.24, 2.45) is 0 Å². The molecule has 6 heteroatoms. The van der Waals surface area contributed by atoms with Crippen LogP contribution in [0.4, 0.5) is 17.3 Å². The number of hydrogen-bond acceptors (Lipinski definition) is 5. The first-order valence-corrected chi connectivity index (χ1v) is 7.63. The van der Waals surface area contributed by atoms with Gasteiger partial charge in [-0.05, 0) is 49.7 Å². The van der Waals surface area contributed by atoms with E-state index in [2.05, 4.69) is 20.6 Å². The van der Waals surface area contributed by atoms with Gasteiger partial charge in [0.1, 0.15) is 23.2 Å². The third-order valence-corrected chi connectivity index (χ3v) is 3.55. The lowest BCUT2D eigenvalue weighted by Crippen LogP contribution is -2.05. The predicted octanol–water partition coefficient (Wildman–Crippen LogP) is 4.70. The molecule has 0 spiro atoms. The van der Waals surface area contributed by atoms with Crippen LogP contribution in [0, 0.1) is 13.8 Å². The van der Waals surface area contributed by atoms with Crippen LogP contribution in [0.2, 0.25) is 5.02 Å². The summed E-state index contributed by atoms with van der Waals surface area (Å²) in [6, 6.07) is 11.3. The molecule has 0 radical (unpaired) electrons. The van der Waals surface area contributed by atoms with Crippen LogP contribution in [0.25, 0.3) is 0 Å². The fraction of sp³-hybridized carbons (Fsp3) is 0.176. The van der Waals surface area contributed by atoms with Gasteiger partial charge in [0.2, 0.25) is 0 Å². The van der Waals surface area contributed by atoms with E-state index in [-0.39, 0.29) is 0 Å². The number of furan rings is 1. The molecule has 0 amide bonds. The van der Waals surface area contributed by atoms with Gasteiger partial charge in [0, 0.05) is 16.8 Å². The highest BCUT2D eigenvalue weighted by atomic mass is 35.5. The Balaban J connectivity index is 1.77. The van der Waals surface area contributed by atoms with Gasteiger partial charge in [-0.3, -0.25) is 0 Å². The average molecular weight is 329 g/mol. The normalized spacial score (nSPS) is 10.6. The molecule has 3 aromatic rings. The monoisotopic (exact) mass is 328 g/mol. The van der Waals surface area contributed by atoms with Crippen molar-refractivity contribution in [2.45, 2.75) is 20.4 Å². The van der Waals surface area contributed by atoms with E-state index >= 15 is 0 Å². The van der Waals surface area contributed by atoms with Gasteiger partial charge < -0.3 is 15.1 Å². The summed E-state index contributed by atoms with van der Waals surface area (Å²) in [6.45, 7) is 4.43. The molecule has 2 N–H and O–H groups in total. The molecule has 0 aliphatic heterocycles. The van der Waals surface area contributed by atoms with E-state index in [4.69, 9.17) is 16.0 Å². The summed E-state index contributed by atoms with van der Waals surface area (Å²) in [5.41, 5.74) is 2.02. The Kier molecular flexibility index (Phi) is 4.48. The lowest BCUT2D eigenvalue weighted by molar-refractivity contribution is 0.518. The molecular weight excluding hydrogens is 312 g/mol. The zero-order valence-electron chi connectivity index (χ0n) is 12.9. The Hall–Kier alpha value is -2.53. The van der Waals surface area contributed by atoms with E-state index in [1.807, 2.05) is 50.2 Å². The Morgan fingerprint density at radius 3 is 2.65 bits per heavy atom. The molecule has 0 saturated carbocycles. The van der Waals surface area contributed by atoms with Gasteiger partial charge in [-0.2, -0.15) is 0 Å². The SMILES string of the molecule is Cc1nc(NCc2ccco2)cc(Nc2ccc(Cl)cc2C)n1. The Morgan fingerprint density at radius 2 is 1.91 bits per heavy atom. The molecule has 0 fully saturated rings. The Morgan fingerprint density at radius 1 is 1.09 bits per heavy atom. The number of rotatable bonds is 5. The van der Waals surface area contributed by atoms with Crippen molar-refractivity contribution < 1.29 is 4.42 Å². The molecule has 0 aliphatic carbocycles. The van der Waals surface area contributed by atoms with E-state index < -0.39 is 0 Å². The van der Waals surface area contributed by atoms with Gasteiger partial charge in [-0.25, -0.2) is 9.97 Å². The van der Waals surface area contributed by atoms with E-state index in [9.17, 15) is 0 Å². The fourth-order valence-corrected chi connectivity index (χ4v) is 2.45. The van der Waals surface area contributed by atoms with Crippen molar-refractivity contribution in [3.8, 4) is 0 Å². The second-order valence-electron chi connectivity index (χ2n) is 5.20. The molecular formula is C17H17ClN4O. The summed E-state index contributed by atoms with van der Waals surface area (Å²) >= 11 is 5.99. The number of halogens is 1. The second kappa shape index (κ2) is 6.71. The minimum atomic E-state index is 0.572. The average Bonchev–Trinajstić information content (AvgIpc) is 3.01. The molecule has 0 atom stereocenters. The summed E-state index contributed by atoms with van der Waals surface area (Å²) in [5.74, 6) is 3.00. The molecule has 2 aromatic heterocycles. The summed E-state index contributed by atoms with van der Waals surface area (Å²) in [5, 5.41) is 7.25. The first kappa shape index (κ1) is 15.4. The maximum atomic E-state index is 5.99. The number of nitrogens with one attached hydrogen (secondary N) is 2. The summed E-state index contributed by atoms with van der Waals surface area (Å²) in [7, 11) is 0. The molecule has 118 valence electrons. The van der Waals surface area contributed by atoms with Crippen molar-refractivity contribution >= 4 is 28.9 Å². The first-order chi connectivity index (χ1) is 11.1. The largest absolute Gasteiger partial charge is 0.467 e. The van der Waals surface area contributed by atoms with Crippen LogP contribution in [-0.4, -0.2) is 9.97 Å².